The molecule has 0 aromatic carbocycles. The molecule has 3 rings (SSSR count). The number of likely N-dealkylation sites (tertiary alicyclic amines) is 1. The molecule has 3 aliphatic rings. The molecule has 1 heteroatoms. The molecule has 0 N–H and O–H groups in total. The Kier molecular flexibility index (Phi) is 2.12. The van der Waals surface area contributed by atoms with Gasteiger partial charge < -0.3 is 0 Å². The van der Waals surface area contributed by atoms with E-state index in [9.17, 15) is 0 Å². The predicted octanol–water partition coefficient (Wildman–Crippen LogP) is 3.19. The molecule has 1 saturated heterocycles. The maximum Gasteiger partial charge on any atom is 0.0215 e. The first kappa shape index (κ1) is 9.21. The third-order valence-electron chi connectivity index (χ3n) is 4.91. The predicted molar refractivity (Wildman–Crippen MR) is 59.3 cm³/mol. The first-order valence-electron chi connectivity index (χ1n) is 6.61. The Hall–Kier alpha value is -0.0400. The van der Waals surface area contributed by atoms with Crippen molar-refractivity contribution in [3.05, 3.63) is 0 Å². The molecule has 1 atom stereocenters. The van der Waals surface area contributed by atoms with E-state index in [2.05, 4.69) is 11.8 Å². The summed E-state index contributed by atoms with van der Waals surface area (Å²) in [6.07, 6.45) is 12.0. The zero-order chi connectivity index (χ0) is 9.60. The summed E-state index contributed by atoms with van der Waals surface area (Å²) >= 11 is 0. The lowest BCUT2D eigenvalue weighted by Crippen LogP contribution is -2.58. The van der Waals surface area contributed by atoms with Crippen LogP contribution < -0.4 is 0 Å². The van der Waals surface area contributed by atoms with Gasteiger partial charge in [-0.25, -0.2) is 0 Å². The fraction of sp³-hybridized carbons (Fsp3) is 1.00. The maximum absolute atomic E-state index is 2.91. The van der Waals surface area contributed by atoms with E-state index in [1.165, 1.54) is 57.9 Å². The Morgan fingerprint density at radius 1 is 1.21 bits per heavy atom. The SMILES string of the molecule is CC[C@H]1CCN(C2CC2)C2(CCC2)C1. The first-order chi connectivity index (χ1) is 6.84. The van der Waals surface area contributed by atoms with Crippen LogP contribution in [0.4, 0.5) is 0 Å². The van der Waals surface area contributed by atoms with E-state index in [1.807, 2.05) is 0 Å². The van der Waals surface area contributed by atoms with Crippen LogP contribution >= 0.6 is 0 Å². The molecule has 1 nitrogen and oxygen atoms in total. The lowest BCUT2D eigenvalue weighted by Gasteiger charge is -2.55. The van der Waals surface area contributed by atoms with Crippen LogP contribution in [0.1, 0.15) is 58.3 Å². The zero-order valence-corrected chi connectivity index (χ0v) is 9.47. The molecule has 0 bridgehead atoms. The van der Waals surface area contributed by atoms with Crippen LogP contribution in [0.5, 0.6) is 0 Å². The Labute approximate surface area is 87.9 Å². The van der Waals surface area contributed by atoms with Crippen molar-refractivity contribution in [1.82, 2.24) is 4.90 Å². The van der Waals surface area contributed by atoms with Crippen molar-refractivity contribution >= 4 is 0 Å². The minimum Gasteiger partial charge on any atom is -0.295 e. The molecule has 1 aliphatic heterocycles. The van der Waals surface area contributed by atoms with Gasteiger partial charge in [0.2, 0.25) is 0 Å². The summed E-state index contributed by atoms with van der Waals surface area (Å²) < 4.78 is 0. The number of hydrogen-bond donors (Lipinski definition) is 0. The number of piperidine rings is 1. The Balaban J connectivity index is 1.73. The summed E-state index contributed by atoms with van der Waals surface area (Å²) in [6, 6.07) is 1.01. The van der Waals surface area contributed by atoms with Crippen LogP contribution in [0.3, 0.4) is 0 Å². The van der Waals surface area contributed by atoms with Gasteiger partial charge in [-0.1, -0.05) is 13.3 Å². The fourth-order valence-electron chi connectivity index (χ4n) is 3.70. The summed E-state index contributed by atoms with van der Waals surface area (Å²) in [4.78, 5) is 2.91. The highest BCUT2D eigenvalue weighted by molar-refractivity contribution is 5.06. The number of nitrogens with zero attached hydrogens (tertiary/aromatic N) is 1. The molecule has 0 aromatic heterocycles. The van der Waals surface area contributed by atoms with E-state index >= 15 is 0 Å². The quantitative estimate of drug-likeness (QED) is 0.651. The molecule has 2 saturated carbocycles. The van der Waals surface area contributed by atoms with Crippen molar-refractivity contribution in [2.45, 2.75) is 69.9 Å². The molecule has 80 valence electrons. The topological polar surface area (TPSA) is 3.24 Å². The monoisotopic (exact) mass is 193 g/mol. The molecule has 0 radical (unpaired) electrons. The summed E-state index contributed by atoms with van der Waals surface area (Å²) in [5, 5.41) is 0. The normalized spacial score (nSPS) is 37.1. The zero-order valence-electron chi connectivity index (χ0n) is 9.47. The van der Waals surface area contributed by atoms with Gasteiger partial charge in [0.05, 0.1) is 0 Å². The highest BCUT2D eigenvalue weighted by atomic mass is 15.3. The van der Waals surface area contributed by atoms with Crippen LogP contribution in [-0.2, 0) is 0 Å². The molecule has 0 aromatic rings. The maximum atomic E-state index is 2.91. The summed E-state index contributed by atoms with van der Waals surface area (Å²) in [6.45, 7) is 3.80. The number of hydrogen-bond acceptors (Lipinski definition) is 1. The van der Waals surface area contributed by atoms with E-state index in [4.69, 9.17) is 0 Å². The Morgan fingerprint density at radius 2 is 2.00 bits per heavy atom. The second-order valence-electron chi connectivity index (χ2n) is 5.77. The first-order valence-corrected chi connectivity index (χ1v) is 6.61. The van der Waals surface area contributed by atoms with Gasteiger partial charge in [-0.15, -0.1) is 0 Å². The van der Waals surface area contributed by atoms with E-state index in [0.717, 1.165) is 12.0 Å². The lowest BCUT2D eigenvalue weighted by atomic mass is 9.66. The van der Waals surface area contributed by atoms with E-state index in [1.54, 1.807) is 0 Å². The molecular formula is C13H23N. The average molecular weight is 193 g/mol. The van der Waals surface area contributed by atoms with Gasteiger partial charge in [0.15, 0.2) is 0 Å². The minimum atomic E-state index is 0.708. The van der Waals surface area contributed by atoms with Gasteiger partial charge in [-0.3, -0.25) is 4.90 Å². The van der Waals surface area contributed by atoms with E-state index in [-0.39, 0.29) is 0 Å². The molecule has 3 fully saturated rings. The van der Waals surface area contributed by atoms with Crippen LogP contribution in [0.2, 0.25) is 0 Å². The van der Waals surface area contributed by atoms with Gasteiger partial charge in [0.25, 0.3) is 0 Å². The lowest BCUT2D eigenvalue weighted by molar-refractivity contribution is -0.0442. The van der Waals surface area contributed by atoms with Crippen molar-refractivity contribution in [1.29, 1.82) is 0 Å². The molecule has 2 aliphatic carbocycles. The third-order valence-corrected chi connectivity index (χ3v) is 4.91. The van der Waals surface area contributed by atoms with Crippen molar-refractivity contribution in [3.8, 4) is 0 Å². The molecule has 0 unspecified atom stereocenters. The van der Waals surface area contributed by atoms with Crippen molar-refractivity contribution in [2.24, 2.45) is 5.92 Å². The smallest absolute Gasteiger partial charge is 0.0215 e. The molecule has 1 spiro atoms. The molecule has 1 heterocycles. The van der Waals surface area contributed by atoms with Gasteiger partial charge in [0, 0.05) is 11.6 Å². The van der Waals surface area contributed by atoms with E-state index < -0.39 is 0 Å². The van der Waals surface area contributed by atoms with Crippen molar-refractivity contribution in [3.63, 3.8) is 0 Å². The third kappa shape index (κ3) is 1.32. The van der Waals surface area contributed by atoms with Crippen LogP contribution in [0.25, 0.3) is 0 Å². The second-order valence-corrected chi connectivity index (χ2v) is 5.77. The van der Waals surface area contributed by atoms with Gasteiger partial charge in [0.1, 0.15) is 0 Å². The van der Waals surface area contributed by atoms with Gasteiger partial charge in [-0.2, -0.15) is 0 Å². The highest BCUT2D eigenvalue weighted by Crippen LogP contribution is 2.50. The largest absolute Gasteiger partial charge is 0.295 e. The van der Waals surface area contributed by atoms with Crippen molar-refractivity contribution < 1.29 is 0 Å². The molecule has 14 heavy (non-hydrogen) atoms. The van der Waals surface area contributed by atoms with E-state index in [0.29, 0.717) is 5.54 Å². The summed E-state index contributed by atoms with van der Waals surface area (Å²) in [5.41, 5.74) is 0.708. The van der Waals surface area contributed by atoms with Crippen LogP contribution in [0, 0.1) is 5.92 Å². The summed E-state index contributed by atoms with van der Waals surface area (Å²) in [7, 11) is 0. The molecular weight excluding hydrogens is 170 g/mol. The summed E-state index contributed by atoms with van der Waals surface area (Å²) in [5.74, 6) is 1.05. The second kappa shape index (κ2) is 3.23. The Bertz CT molecular complexity index is 215. The van der Waals surface area contributed by atoms with Gasteiger partial charge in [-0.05, 0) is 57.4 Å². The standard InChI is InChI=1S/C13H23N/c1-2-11-6-9-14(12-4-5-12)13(10-11)7-3-8-13/h11-12H,2-10H2,1H3/t11-/m0/s1. The number of rotatable bonds is 2. The Morgan fingerprint density at radius 3 is 2.50 bits per heavy atom. The average Bonchev–Trinajstić information content (AvgIpc) is 2.97. The van der Waals surface area contributed by atoms with Gasteiger partial charge >= 0.3 is 0 Å². The van der Waals surface area contributed by atoms with Crippen LogP contribution in [-0.4, -0.2) is 23.0 Å². The highest BCUT2D eigenvalue weighted by Gasteiger charge is 2.50. The fourth-order valence-corrected chi connectivity index (χ4v) is 3.70. The van der Waals surface area contributed by atoms with Crippen molar-refractivity contribution in [2.75, 3.05) is 6.54 Å². The minimum absolute atomic E-state index is 0.708. The van der Waals surface area contributed by atoms with Crippen LogP contribution in [0.15, 0.2) is 0 Å². The molecule has 0 amide bonds.